The largest absolute Gasteiger partial charge is 0.467 e. The highest BCUT2D eigenvalue weighted by Gasteiger charge is 2.23. The Morgan fingerprint density at radius 3 is 2.69 bits per heavy atom. The van der Waals surface area contributed by atoms with Gasteiger partial charge in [-0.25, -0.2) is 14.5 Å². The summed E-state index contributed by atoms with van der Waals surface area (Å²) < 4.78 is 6.24. The molecule has 0 fully saturated rings. The van der Waals surface area contributed by atoms with Crippen LogP contribution in [0.25, 0.3) is 0 Å². The number of esters is 1. The van der Waals surface area contributed by atoms with Gasteiger partial charge in [0.2, 0.25) is 0 Å². The summed E-state index contributed by atoms with van der Waals surface area (Å²) in [5.41, 5.74) is 0.819. The van der Waals surface area contributed by atoms with Crippen molar-refractivity contribution in [1.29, 1.82) is 0 Å². The van der Waals surface area contributed by atoms with E-state index < -0.39 is 6.04 Å². The number of benzene rings is 1. The third kappa shape index (κ3) is 1.93. The zero-order valence-electron chi connectivity index (χ0n) is 8.78. The van der Waals surface area contributed by atoms with Gasteiger partial charge in [-0.2, -0.15) is 5.10 Å². The third-order valence-electron chi connectivity index (χ3n) is 2.24. The topological polar surface area (TPSA) is 57.0 Å². The predicted octanol–water partition coefficient (Wildman–Crippen LogP) is 1.04. The Morgan fingerprint density at radius 2 is 2.12 bits per heavy atom. The van der Waals surface area contributed by atoms with E-state index in [1.54, 1.807) is 0 Å². The first-order valence-corrected chi connectivity index (χ1v) is 4.80. The SMILES string of the molecule is COC(=O)C(c1ccccc1)n1cncn1. The monoisotopic (exact) mass is 217 g/mol. The van der Waals surface area contributed by atoms with Gasteiger partial charge in [0.25, 0.3) is 0 Å². The Balaban J connectivity index is 2.40. The van der Waals surface area contributed by atoms with Gasteiger partial charge in [-0.05, 0) is 5.56 Å². The summed E-state index contributed by atoms with van der Waals surface area (Å²) in [6.45, 7) is 0. The quantitative estimate of drug-likeness (QED) is 0.721. The van der Waals surface area contributed by atoms with Crippen LogP contribution in [0.2, 0.25) is 0 Å². The van der Waals surface area contributed by atoms with E-state index in [2.05, 4.69) is 10.1 Å². The Morgan fingerprint density at radius 1 is 1.38 bits per heavy atom. The Hall–Kier alpha value is -2.17. The molecule has 82 valence electrons. The fourth-order valence-corrected chi connectivity index (χ4v) is 1.49. The van der Waals surface area contributed by atoms with E-state index >= 15 is 0 Å². The van der Waals surface area contributed by atoms with Crippen molar-refractivity contribution in [3.63, 3.8) is 0 Å². The van der Waals surface area contributed by atoms with Gasteiger partial charge in [0, 0.05) is 0 Å². The zero-order valence-corrected chi connectivity index (χ0v) is 8.78. The lowest BCUT2D eigenvalue weighted by Crippen LogP contribution is -2.22. The Labute approximate surface area is 92.7 Å². The van der Waals surface area contributed by atoms with Gasteiger partial charge in [0.05, 0.1) is 7.11 Å². The number of ether oxygens (including phenoxy) is 1. The number of carbonyl (C=O) groups excluding carboxylic acids is 1. The number of aromatic nitrogens is 3. The van der Waals surface area contributed by atoms with Crippen LogP contribution in [0, 0.1) is 0 Å². The maximum absolute atomic E-state index is 11.7. The average molecular weight is 217 g/mol. The number of rotatable bonds is 3. The predicted molar refractivity (Wildman–Crippen MR) is 56.6 cm³/mol. The number of methoxy groups -OCH3 is 1. The number of hydrogen-bond donors (Lipinski definition) is 0. The molecule has 16 heavy (non-hydrogen) atoms. The first kappa shape index (κ1) is 10.4. The summed E-state index contributed by atoms with van der Waals surface area (Å²) >= 11 is 0. The lowest BCUT2D eigenvalue weighted by molar-refractivity contribution is -0.143. The minimum atomic E-state index is -0.575. The first-order chi connectivity index (χ1) is 7.83. The van der Waals surface area contributed by atoms with E-state index in [0.29, 0.717) is 0 Å². The Bertz CT molecular complexity index is 453. The van der Waals surface area contributed by atoms with Crippen LogP contribution in [0.3, 0.4) is 0 Å². The zero-order chi connectivity index (χ0) is 11.4. The average Bonchev–Trinajstić information content (AvgIpc) is 2.84. The van der Waals surface area contributed by atoms with Crippen molar-refractivity contribution in [2.75, 3.05) is 7.11 Å². The van der Waals surface area contributed by atoms with E-state index in [1.807, 2.05) is 30.3 Å². The van der Waals surface area contributed by atoms with Crippen LogP contribution in [-0.2, 0) is 9.53 Å². The molecular weight excluding hydrogens is 206 g/mol. The molecule has 2 aromatic rings. The summed E-state index contributed by atoms with van der Waals surface area (Å²) in [5, 5.41) is 3.97. The molecule has 0 aliphatic heterocycles. The smallest absolute Gasteiger partial charge is 0.335 e. The molecule has 5 nitrogen and oxygen atoms in total. The van der Waals surface area contributed by atoms with Crippen molar-refractivity contribution in [1.82, 2.24) is 14.8 Å². The molecule has 2 rings (SSSR count). The number of hydrogen-bond acceptors (Lipinski definition) is 4. The molecule has 0 aliphatic carbocycles. The van der Waals surface area contributed by atoms with Crippen LogP contribution >= 0.6 is 0 Å². The molecule has 0 N–H and O–H groups in total. The highest BCUT2D eigenvalue weighted by molar-refractivity contribution is 5.77. The molecule has 0 amide bonds. The minimum absolute atomic E-state index is 0.364. The van der Waals surface area contributed by atoms with E-state index in [-0.39, 0.29) is 5.97 Å². The molecule has 1 aromatic heterocycles. The molecule has 1 unspecified atom stereocenters. The molecule has 1 aromatic carbocycles. The van der Waals surface area contributed by atoms with Gasteiger partial charge >= 0.3 is 5.97 Å². The highest BCUT2D eigenvalue weighted by Crippen LogP contribution is 2.17. The fraction of sp³-hybridized carbons (Fsp3) is 0.182. The van der Waals surface area contributed by atoms with E-state index in [9.17, 15) is 4.79 Å². The maximum Gasteiger partial charge on any atom is 0.335 e. The van der Waals surface area contributed by atoms with Gasteiger partial charge in [-0.15, -0.1) is 0 Å². The van der Waals surface area contributed by atoms with E-state index in [4.69, 9.17) is 4.74 Å². The summed E-state index contributed by atoms with van der Waals surface area (Å²) in [7, 11) is 1.36. The van der Waals surface area contributed by atoms with Gasteiger partial charge in [0.1, 0.15) is 12.7 Å². The summed E-state index contributed by atoms with van der Waals surface area (Å²) in [6, 6.07) is 8.74. The van der Waals surface area contributed by atoms with Crippen LogP contribution in [-0.4, -0.2) is 27.8 Å². The second kappa shape index (κ2) is 4.57. The minimum Gasteiger partial charge on any atom is -0.467 e. The molecule has 1 heterocycles. The van der Waals surface area contributed by atoms with Crippen molar-refractivity contribution < 1.29 is 9.53 Å². The highest BCUT2D eigenvalue weighted by atomic mass is 16.5. The standard InChI is InChI=1S/C11H11N3O2/c1-16-11(15)10(14-8-12-7-13-14)9-5-3-2-4-6-9/h2-8,10H,1H3. The molecule has 0 saturated heterocycles. The molecule has 0 radical (unpaired) electrons. The van der Waals surface area contributed by atoms with Crippen molar-refractivity contribution in [3.8, 4) is 0 Å². The van der Waals surface area contributed by atoms with Gasteiger partial charge in [0.15, 0.2) is 6.04 Å². The van der Waals surface area contributed by atoms with Gasteiger partial charge in [-0.3, -0.25) is 0 Å². The molecule has 0 spiro atoms. The van der Waals surface area contributed by atoms with Crippen molar-refractivity contribution in [2.45, 2.75) is 6.04 Å². The van der Waals surface area contributed by atoms with E-state index in [1.165, 1.54) is 24.4 Å². The Kier molecular flexibility index (Phi) is 2.95. The van der Waals surface area contributed by atoms with Crippen LogP contribution in [0.4, 0.5) is 0 Å². The number of carbonyl (C=O) groups is 1. The second-order valence-electron chi connectivity index (χ2n) is 3.21. The summed E-state index contributed by atoms with van der Waals surface area (Å²) in [5.74, 6) is -0.364. The molecule has 0 bridgehead atoms. The summed E-state index contributed by atoms with van der Waals surface area (Å²) in [4.78, 5) is 15.5. The molecular formula is C11H11N3O2. The fourth-order valence-electron chi connectivity index (χ4n) is 1.49. The van der Waals surface area contributed by atoms with Gasteiger partial charge in [-0.1, -0.05) is 30.3 Å². The first-order valence-electron chi connectivity index (χ1n) is 4.80. The van der Waals surface area contributed by atoms with Crippen molar-refractivity contribution in [2.24, 2.45) is 0 Å². The number of nitrogens with zero attached hydrogens (tertiary/aromatic N) is 3. The lowest BCUT2D eigenvalue weighted by Gasteiger charge is -2.14. The van der Waals surface area contributed by atoms with Crippen molar-refractivity contribution >= 4 is 5.97 Å². The molecule has 0 aliphatic rings. The third-order valence-corrected chi connectivity index (χ3v) is 2.24. The van der Waals surface area contributed by atoms with Gasteiger partial charge < -0.3 is 4.74 Å². The van der Waals surface area contributed by atoms with E-state index in [0.717, 1.165) is 5.56 Å². The molecule has 1 atom stereocenters. The molecule has 5 heteroatoms. The van der Waals surface area contributed by atoms with Crippen LogP contribution < -0.4 is 0 Å². The normalized spacial score (nSPS) is 12.1. The lowest BCUT2D eigenvalue weighted by atomic mass is 10.1. The second-order valence-corrected chi connectivity index (χ2v) is 3.21. The van der Waals surface area contributed by atoms with Crippen LogP contribution in [0.5, 0.6) is 0 Å². The van der Waals surface area contributed by atoms with Crippen LogP contribution in [0.1, 0.15) is 11.6 Å². The maximum atomic E-state index is 11.7. The van der Waals surface area contributed by atoms with Crippen molar-refractivity contribution in [3.05, 3.63) is 48.5 Å². The van der Waals surface area contributed by atoms with Crippen LogP contribution in [0.15, 0.2) is 43.0 Å². The molecule has 0 saturated carbocycles. The summed E-state index contributed by atoms with van der Waals surface area (Å²) in [6.07, 6.45) is 2.88.